The molecule has 0 bridgehead atoms. The summed E-state index contributed by atoms with van der Waals surface area (Å²) in [5.41, 5.74) is 0.448. The Kier molecular flexibility index (Phi) is 4.06. The molecule has 1 unspecified atom stereocenters. The number of thiazole rings is 1. The summed E-state index contributed by atoms with van der Waals surface area (Å²) in [6.45, 7) is 0.223. The Morgan fingerprint density at radius 2 is 2.27 bits per heavy atom. The monoisotopic (exact) mass is 240 g/mol. The fourth-order valence-corrected chi connectivity index (χ4v) is 1.71. The lowest BCUT2D eigenvalue weighted by atomic mass is 10.2. The van der Waals surface area contributed by atoms with Gasteiger partial charge in [0.05, 0.1) is 29.9 Å². The number of aliphatic hydroxyl groups excluding tert-OH is 1. The lowest BCUT2D eigenvalue weighted by Crippen LogP contribution is -2.33. The molecule has 0 amide bonds. The standard InChI is InChI=1S/C8H11F3N2OS/c1-5-13-7(3-15-5)6(2-14)12-4-8(9,10)11/h3,6,12,14H,2,4H2,1H3. The summed E-state index contributed by atoms with van der Waals surface area (Å²) in [5, 5.41) is 13.5. The number of hydrogen-bond donors (Lipinski definition) is 2. The van der Waals surface area contributed by atoms with Gasteiger partial charge in [0.25, 0.3) is 0 Å². The maximum Gasteiger partial charge on any atom is 0.401 e. The molecular formula is C8H11F3N2OS. The van der Waals surface area contributed by atoms with Gasteiger partial charge in [0, 0.05) is 5.38 Å². The summed E-state index contributed by atoms with van der Waals surface area (Å²) in [7, 11) is 0. The molecule has 0 saturated heterocycles. The molecule has 1 aromatic heterocycles. The summed E-state index contributed by atoms with van der Waals surface area (Å²) in [5.74, 6) is 0. The van der Waals surface area contributed by atoms with E-state index in [0.717, 1.165) is 5.01 Å². The minimum absolute atomic E-state index is 0.404. The second-order valence-corrected chi connectivity index (χ2v) is 4.08. The molecule has 0 spiro atoms. The molecule has 7 heteroatoms. The Labute approximate surface area is 89.0 Å². The Hall–Kier alpha value is -0.660. The fraction of sp³-hybridized carbons (Fsp3) is 0.625. The highest BCUT2D eigenvalue weighted by molar-refractivity contribution is 7.09. The van der Waals surface area contributed by atoms with Gasteiger partial charge < -0.3 is 5.11 Å². The van der Waals surface area contributed by atoms with Gasteiger partial charge in [0.1, 0.15) is 0 Å². The topological polar surface area (TPSA) is 45.2 Å². The summed E-state index contributed by atoms with van der Waals surface area (Å²) in [6.07, 6.45) is -4.28. The number of rotatable bonds is 4. The SMILES string of the molecule is Cc1nc(C(CO)NCC(F)(F)F)cs1. The summed E-state index contributed by atoms with van der Waals surface area (Å²) in [6, 6.07) is -0.753. The molecule has 1 aromatic rings. The Morgan fingerprint density at radius 1 is 1.60 bits per heavy atom. The lowest BCUT2D eigenvalue weighted by molar-refractivity contribution is -0.126. The van der Waals surface area contributed by atoms with Crippen LogP contribution in [0.5, 0.6) is 0 Å². The normalized spacial score (nSPS) is 14.2. The van der Waals surface area contributed by atoms with E-state index in [1.807, 2.05) is 0 Å². The molecule has 1 rings (SSSR count). The van der Waals surface area contributed by atoms with Crippen LogP contribution in [0.2, 0.25) is 0 Å². The average molecular weight is 240 g/mol. The van der Waals surface area contributed by atoms with Crippen molar-refractivity contribution in [3.05, 3.63) is 16.1 Å². The first-order chi connectivity index (χ1) is 6.92. The van der Waals surface area contributed by atoms with Crippen molar-refractivity contribution in [2.45, 2.75) is 19.1 Å². The van der Waals surface area contributed by atoms with Crippen molar-refractivity contribution in [2.24, 2.45) is 0 Å². The molecule has 0 fully saturated rings. The number of halogens is 3. The highest BCUT2D eigenvalue weighted by Gasteiger charge is 2.28. The van der Waals surface area contributed by atoms with Crippen molar-refractivity contribution >= 4 is 11.3 Å². The van der Waals surface area contributed by atoms with Gasteiger partial charge in [0.2, 0.25) is 0 Å². The minimum atomic E-state index is -4.28. The predicted octanol–water partition coefficient (Wildman–Crippen LogP) is 1.64. The molecule has 0 aliphatic rings. The van der Waals surface area contributed by atoms with Gasteiger partial charge >= 0.3 is 6.18 Å². The van der Waals surface area contributed by atoms with Gasteiger partial charge in [0.15, 0.2) is 0 Å². The zero-order valence-corrected chi connectivity index (χ0v) is 8.82. The summed E-state index contributed by atoms with van der Waals surface area (Å²) in [4.78, 5) is 4.01. The molecule has 0 radical (unpaired) electrons. The van der Waals surface area contributed by atoms with Crippen LogP contribution < -0.4 is 5.32 Å². The first-order valence-electron chi connectivity index (χ1n) is 4.25. The van der Waals surface area contributed by atoms with Crippen LogP contribution in [0.4, 0.5) is 13.2 Å². The number of alkyl halides is 3. The number of hydrogen-bond acceptors (Lipinski definition) is 4. The predicted molar refractivity (Wildman–Crippen MR) is 50.7 cm³/mol. The van der Waals surface area contributed by atoms with Crippen molar-refractivity contribution in [3.63, 3.8) is 0 Å². The largest absolute Gasteiger partial charge is 0.401 e. The minimum Gasteiger partial charge on any atom is -0.394 e. The molecular weight excluding hydrogens is 229 g/mol. The van der Waals surface area contributed by atoms with E-state index in [1.165, 1.54) is 11.3 Å². The quantitative estimate of drug-likeness (QED) is 0.841. The lowest BCUT2D eigenvalue weighted by Gasteiger charge is -2.15. The molecule has 0 aliphatic carbocycles. The zero-order valence-electron chi connectivity index (χ0n) is 8.01. The molecule has 1 atom stereocenters. The molecule has 0 saturated carbocycles. The zero-order chi connectivity index (χ0) is 11.5. The van der Waals surface area contributed by atoms with Crippen LogP contribution in [0.25, 0.3) is 0 Å². The van der Waals surface area contributed by atoms with Crippen molar-refractivity contribution in [1.29, 1.82) is 0 Å². The van der Waals surface area contributed by atoms with Crippen molar-refractivity contribution in [2.75, 3.05) is 13.2 Å². The third kappa shape index (κ3) is 4.15. The number of nitrogens with one attached hydrogen (secondary N) is 1. The fourth-order valence-electron chi connectivity index (χ4n) is 1.04. The first kappa shape index (κ1) is 12.4. The molecule has 86 valence electrons. The van der Waals surface area contributed by atoms with E-state index in [1.54, 1.807) is 12.3 Å². The highest BCUT2D eigenvalue weighted by Crippen LogP contribution is 2.18. The van der Waals surface area contributed by atoms with E-state index < -0.39 is 25.4 Å². The molecule has 15 heavy (non-hydrogen) atoms. The van der Waals surface area contributed by atoms with Crippen LogP contribution in [0.3, 0.4) is 0 Å². The van der Waals surface area contributed by atoms with E-state index >= 15 is 0 Å². The van der Waals surface area contributed by atoms with Gasteiger partial charge in [-0.05, 0) is 6.92 Å². The van der Waals surface area contributed by atoms with Gasteiger partial charge in [-0.2, -0.15) is 13.2 Å². The molecule has 2 N–H and O–H groups in total. The first-order valence-corrected chi connectivity index (χ1v) is 5.13. The molecule has 0 aliphatic heterocycles. The van der Waals surface area contributed by atoms with Crippen LogP contribution in [-0.4, -0.2) is 29.4 Å². The Balaban J connectivity index is 2.57. The van der Waals surface area contributed by atoms with Crippen molar-refractivity contribution < 1.29 is 18.3 Å². The molecule has 0 aromatic carbocycles. The average Bonchev–Trinajstić information content (AvgIpc) is 2.51. The van der Waals surface area contributed by atoms with Crippen LogP contribution in [-0.2, 0) is 0 Å². The Morgan fingerprint density at radius 3 is 2.67 bits per heavy atom. The maximum absolute atomic E-state index is 11.9. The molecule has 1 heterocycles. The van der Waals surface area contributed by atoms with Gasteiger partial charge in [-0.3, -0.25) is 5.32 Å². The van der Waals surface area contributed by atoms with E-state index in [0.29, 0.717) is 5.69 Å². The van der Waals surface area contributed by atoms with Gasteiger partial charge in [-0.25, -0.2) is 4.98 Å². The molecule has 3 nitrogen and oxygen atoms in total. The third-order valence-electron chi connectivity index (χ3n) is 1.73. The summed E-state index contributed by atoms with van der Waals surface area (Å²) < 4.78 is 35.7. The second-order valence-electron chi connectivity index (χ2n) is 3.02. The van der Waals surface area contributed by atoms with Gasteiger partial charge in [-0.15, -0.1) is 11.3 Å². The van der Waals surface area contributed by atoms with Crippen LogP contribution in [0.15, 0.2) is 5.38 Å². The van der Waals surface area contributed by atoms with E-state index in [9.17, 15) is 13.2 Å². The van der Waals surface area contributed by atoms with Crippen molar-refractivity contribution in [1.82, 2.24) is 10.3 Å². The number of aliphatic hydroxyl groups is 1. The van der Waals surface area contributed by atoms with Crippen LogP contribution in [0.1, 0.15) is 16.7 Å². The van der Waals surface area contributed by atoms with Gasteiger partial charge in [-0.1, -0.05) is 0 Å². The third-order valence-corrected chi connectivity index (χ3v) is 2.52. The van der Waals surface area contributed by atoms with Crippen molar-refractivity contribution in [3.8, 4) is 0 Å². The summed E-state index contributed by atoms with van der Waals surface area (Å²) >= 11 is 1.34. The number of aryl methyl sites for hydroxylation is 1. The van der Waals surface area contributed by atoms with Crippen LogP contribution >= 0.6 is 11.3 Å². The maximum atomic E-state index is 11.9. The highest BCUT2D eigenvalue weighted by atomic mass is 32.1. The van der Waals surface area contributed by atoms with E-state index in [4.69, 9.17) is 5.11 Å². The van der Waals surface area contributed by atoms with E-state index in [2.05, 4.69) is 10.3 Å². The Bertz CT molecular complexity index is 313. The smallest absolute Gasteiger partial charge is 0.394 e. The number of aromatic nitrogens is 1. The second kappa shape index (κ2) is 4.91. The number of nitrogens with zero attached hydrogens (tertiary/aromatic N) is 1. The van der Waals surface area contributed by atoms with E-state index in [-0.39, 0.29) is 0 Å². The van der Waals surface area contributed by atoms with Crippen LogP contribution in [0, 0.1) is 6.92 Å².